The predicted octanol–water partition coefficient (Wildman–Crippen LogP) is 3.75. The van der Waals surface area contributed by atoms with Gasteiger partial charge in [0, 0.05) is 18.3 Å². The van der Waals surface area contributed by atoms with Gasteiger partial charge in [-0.15, -0.1) is 0 Å². The number of carbonyl (C=O) groups excluding carboxylic acids is 1. The van der Waals surface area contributed by atoms with Gasteiger partial charge in [-0.05, 0) is 56.2 Å². The van der Waals surface area contributed by atoms with E-state index in [1.165, 1.54) is 37.8 Å². The van der Waals surface area contributed by atoms with Gasteiger partial charge in [-0.2, -0.15) is 0 Å². The van der Waals surface area contributed by atoms with Crippen LogP contribution in [0.5, 0.6) is 0 Å². The monoisotopic (exact) mass is 288 g/mol. The van der Waals surface area contributed by atoms with Crippen molar-refractivity contribution in [3.63, 3.8) is 0 Å². The fourth-order valence-corrected chi connectivity index (χ4v) is 3.11. The first-order chi connectivity index (χ1) is 10.2. The largest absolute Gasteiger partial charge is 0.382 e. The zero-order valence-electron chi connectivity index (χ0n) is 13.3. The third kappa shape index (κ3) is 5.07. The van der Waals surface area contributed by atoms with Crippen LogP contribution in [-0.4, -0.2) is 18.5 Å². The molecule has 1 aromatic rings. The maximum absolute atomic E-state index is 11.5. The van der Waals surface area contributed by atoms with Crippen molar-refractivity contribution >= 4 is 11.6 Å². The van der Waals surface area contributed by atoms with E-state index in [2.05, 4.69) is 41.8 Å². The topological polar surface area (TPSA) is 41.1 Å². The first kappa shape index (κ1) is 15.9. The zero-order chi connectivity index (χ0) is 15.1. The Morgan fingerprint density at radius 3 is 2.33 bits per heavy atom. The Bertz CT molecular complexity index is 433. The highest BCUT2D eigenvalue weighted by atomic mass is 16.1. The van der Waals surface area contributed by atoms with Crippen LogP contribution in [0.3, 0.4) is 0 Å². The van der Waals surface area contributed by atoms with E-state index in [4.69, 9.17) is 0 Å². The van der Waals surface area contributed by atoms with Crippen LogP contribution < -0.4 is 10.6 Å². The molecule has 0 spiro atoms. The van der Waals surface area contributed by atoms with E-state index < -0.39 is 0 Å². The van der Waals surface area contributed by atoms with Crippen LogP contribution >= 0.6 is 0 Å². The summed E-state index contributed by atoms with van der Waals surface area (Å²) in [7, 11) is 0. The van der Waals surface area contributed by atoms with Gasteiger partial charge in [-0.25, -0.2) is 0 Å². The van der Waals surface area contributed by atoms with Crippen molar-refractivity contribution in [3.8, 4) is 0 Å². The summed E-state index contributed by atoms with van der Waals surface area (Å²) in [6, 6.07) is 8.91. The number of likely N-dealkylation sites (N-methyl/N-ethyl adjacent to an activating group) is 1. The Hall–Kier alpha value is -1.51. The first-order valence-corrected chi connectivity index (χ1v) is 8.33. The van der Waals surface area contributed by atoms with E-state index >= 15 is 0 Å². The minimum absolute atomic E-state index is 0.0936. The Labute approximate surface area is 128 Å². The van der Waals surface area contributed by atoms with Crippen molar-refractivity contribution < 1.29 is 4.79 Å². The Balaban J connectivity index is 1.81. The van der Waals surface area contributed by atoms with Gasteiger partial charge in [-0.1, -0.05) is 25.5 Å². The molecule has 2 rings (SSSR count). The summed E-state index contributed by atoms with van der Waals surface area (Å²) in [6.07, 6.45) is 7.04. The molecule has 0 aromatic heterocycles. The van der Waals surface area contributed by atoms with Crippen LogP contribution in [0.25, 0.3) is 0 Å². The van der Waals surface area contributed by atoms with Gasteiger partial charge in [0.15, 0.2) is 0 Å². The number of carbonyl (C=O) groups is 1. The summed E-state index contributed by atoms with van der Waals surface area (Å²) in [5, 5.41) is 6.46. The second-order valence-electron chi connectivity index (χ2n) is 6.10. The number of anilines is 1. The lowest BCUT2D eigenvalue weighted by atomic mass is 9.84. The summed E-state index contributed by atoms with van der Waals surface area (Å²) >= 11 is 0. The van der Waals surface area contributed by atoms with Gasteiger partial charge < -0.3 is 10.6 Å². The average Bonchev–Trinajstić information content (AvgIpc) is 2.50. The van der Waals surface area contributed by atoms with Crippen LogP contribution in [0.4, 0.5) is 5.69 Å². The fourth-order valence-electron chi connectivity index (χ4n) is 3.11. The minimum atomic E-state index is 0.0936. The van der Waals surface area contributed by atoms with Crippen LogP contribution in [0.2, 0.25) is 0 Å². The van der Waals surface area contributed by atoms with E-state index in [0.29, 0.717) is 19.0 Å². The van der Waals surface area contributed by atoms with E-state index in [-0.39, 0.29) is 5.91 Å². The second-order valence-corrected chi connectivity index (χ2v) is 6.10. The summed E-state index contributed by atoms with van der Waals surface area (Å²) < 4.78 is 0. The molecule has 0 bridgehead atoms. The lowest BCUT2D eigenvalue weighted by molar-refractivity contribution is -0.120. The average molecular weight is 288 g/mol. The van der Waals surface area contributed by atoms with Crippen molar-refractivity contribution in [1.82, 2.24) is 5.32 Å². The smallest absolute Gasteiger partial charge is 0.224 e. The highest BCUT2D eigenvalue weighted by Gasteiger charge is 2.19. The van der Waals surface area contributed by atoms with Crippen LogP contribution in [0.1, 0.15) is 51.5 Å². The normalized spacial score (nSPS) is 21.8. The van der Waals surface area contributed by atoms with Crippen LogP contribution in [-0.2, 0) is 11.2 Å². The maximum Gasteiger partial charge on any atom is 0.224 e. The van der Waals surface area contributed by atoms with Crippen LogP contribution in [0.15, 0.2) is 24.3 Å². The molecule has 2 N–H and O–H groups in total. The number of nitrogens with one attached hydrogen (secondary N) is 2. The van der Waals surface area contributed by atoms with Gasteiger partial charge in [0.25, 0.3) is 0 Å². The summed E-state index contributed by atoms with van der Waals surface area (Å²) in [4.78, 5) is 11.5. The Morgan fingerprint density at radius 1 is 1.10 bits per heavy atom. The molecule has 116 valence electrons. The lowest BCUT2D eigenvalue weighted by Crippen LogP contribution is -2.26. The molecule has 1 fully saturated rings. The molecule has 1 aliphatic carbocycles. The molecule has 21 heavy (non-hydrogen) atoms. The number of benzene rings is 1. The summed E-state index contributed by atoms with van der Waals surface area (Å²) in [5.74, 6) is 1.03. The molecule has 0 radical (unpaired) electrons. The molecular formula is C18H28N2O. The van der Waals surface area contributed by atoms with E-state index in [1.54, 1.807) is 0 Å². The molecule has 0 saturated heterocycles. The SMILES string of the molecule is CCNC(=O)Cc1ccc(NC2CCC(CC)CC2)cc1. The zero-order valence-corrected chi connectivity index (χ0v) is 13.3. The number of hydrogen-bond donors (Lipinski definition) is 2. The Morgan fingerprint density at radius 2 is 1.76 bits per heavy atom. The van der Waals surface area contributed by atoms with Gasteiger partial charge in [-0.3, -0.25) is 4.79 Å². The lowest BCUT2D eigenvalue weighted by Gasteiger charge is -2.29. The van der Waals surface area contributed by atoms with Gasteiger partial charge in [0.05, 0.1) is 6.42 Å². The molecule has 1 aromatic carbocycles. The molecule has 0 heterocycles. The van der Waals surface area contributed by atoms with Crippen molar-refractivity contribution in [3.05, 3.63) is 29.8 Å². The second kappa shape index (κ2) is 8.06. The Kier molecular flexibility index (Phi) is 6.09. The maximum atomic E-state index is 11.5. The van der Waals surface area contributed by atoms with E-state index in [9.17, 15) is 4.79 Å². The molecule has 1 saturated carbocycles. The number of amides is 1. The highest BCUT2D eigenvalue weighted by molar-refractivity contribution is 5.78. The molecule has 0 aliphatic heterocycles. The molecular weight excluding hydrogens is 260 g/mol. The number of hydrogen-bond acceptors (Lipinski definition) is 2. The predicted molar refractivity (Wildman–Crippen MR) is 88.5 cm³/mol. The van der Waals surface area contributed by atoms with Gasteiger partial charge in [0.2, 0.25) is 5.91 Å². The molecule has 0 unspecified atom stereocenters. The summed E-state index contributed by atoms with van der Waals surface area (Å²) in [5.41, 5.74) is 2.25. The van der Waals surface area contributed by atoms with Crippen molar-refractivity contribution in [2.45, 2.75) is 58.4 Å². The summed E-state index contributed by atoms with van der Waals surface area (Å²) in [6.45, 7) is 4.93. The number of rotatable bonds is 6. The molecule has 1 aliphatic rings. The minimum Gasteiger partial charge on any atom is -0.382 e. The van der Waals surface area contributed by atoms with Gasteiger partial charge in [0.1, 0.15) is 0 Å². The van der Waals surface area contributed by atoms with Crippen molar-refractivity contribution in [1.29, 1.82) is 0 Å². The quantitative estimate of drug-likeness (QED) is 0.837. The first-order valence-electron chi connectivity index (χ1n) is 8.33. The van der Waals surface area contributed by atoms with Crippen molar-refractivity contribution in [2.24, 2.45) is 5.92 Å². The van der Waals surface area contributed by atoms with Crippen molar-refractivity contribution in [2.75, 3.05) is 11.9 Å². The molecule has 1 amide bonds. The van der Waals surface area contributed by atoms with E-state index in [1.807, 2.05) is 6.92 Å². The fraction of sp³-hybridized carbons (Fsp3) is 0.611. The van der Waals surface area contributed by atoms with Crippen LogP contribution in [0, 0.1) is 5.92 Å². The third-order valence-electron chi connectivity index (χ3n) is 4.49. The molecule has 3 heteroatoms. The standard InChI is InChI=1S/C18H28N2O/c1-3-14-5-9-16(10-6-14)20-17-11-7-15(8-12-17)13-18(21)19-4-2/h7-8,11-12,14,16,20H,3-6,9-10,13H2,1-2H3,(H,19,21). The molecule has 0 atom stereocenters. The highest BCUT2D eigenvalue weighted by Crippen LogP contribution is 2.28. The van der Waals surface area contributed by atoms with E-state index in [0.717, 1.165) is 11.5 Å². The van der Waals surface area contributed by atoms with Gasteiger partial charge >= 0.3 is 0 Å². The molecule has 3 nitrogen and oxygen atoms in total. The third-order valence-corrected chi connectivity index (χ3v) is 4.49.